The van der Waals surface area contributed by atoms with Crippen molar-refractivity contribution in [1.29, 1.82) is 0 Å². The third-order valence-electron chi connectivity index (χ3n) is 4.81. The van der Waals surface area contributed by atoms with Crippen LogP contribution in [0.25, 0.3) is 10.9 Å². The number of ether oxygens (including phenoxy) is 1. The van der Waals surface area contributed by atoms with Gasteiger partial charge in [0.1, 0.15) is 11.6 Å². The van der Waals surface area contributed by atoms with Crippen molar-refractivity contribution in [2.24, 2.45) is 0 Å². The van der Waals surface area contributed by atoms with Gasteiger partial charge in [-0.3, -0.25) is 4.79 Å². The summed E-state index contributed by atoms with van der Waals surface area (Å²) in [6.07, 6.45) is 0.550. The SMILES string of the molecule is COC(=O)c1cccc2c3c([nH]c12)CCN(C(=O)c1cc(F)cc(F)c1)C3. The second-order valence-electron chi connectivity index (χ2n) is 6.44. The minimum absolute atomic E-state index is 0.0222. The van der Waals surface area contributed by atoms with Gasteiger partial charge in [0, 0.05) is 47.8 Å². The first-order chi connectivity index (χ1) is 13.0. The number of para-hydroxylation sites is 1. The van der Waals surface area contributed by atoms with Crippen LogP contribution in [0.15, 0.2) is 36.4 Å². The molecule has 2 aromatic carbocycles. The summed E-state index contributed by atoms with van der Waals surface area (Å²) < 4.78 is 31.7. The number of carbonyl (C=O) groups excluding carboxylic acids is 2. The standard InChI is InChI=1S/C20H16F2N2O3/c1-27-20(26)15-4-2-3-14-16-10-24(6-5-17(16)23-18(14)15)19(25)11-7-12(21)9-13(22)8-11/h2-4,7-9,23H,5-6,10H2,1H3. The maximum atomic E-state index is 13.4. The molecule has 0 saturated heterocycles. The van der Waals surface area contributed by atoms with E-state index in [0.717, 1.165) is 34.8 Å². The van der Waals surface area contributed by atoms with E-state index in [1.807, 2.05) is 6.07 Å². The van der Waals surface area contributed by atoms with Crippen LogP contribution in [0.5, 0.6) is 0 Å². The van der Waals surface area contributed by atoms with E-state index in [1.54, 1.807) is 17.0 Å². The number of aromatic amines is 1. The quantitative estimate of drug-likeness (QED) is 0.703. The third kappa shape index (κ3) is 2.95. The van der Waals surface area contributed by atoms with Gasteiger partial charge in [-0.15, -0.1) is 0 Å². The molecule has 1 aliphatic heterocycles. The number of nitrogens with one attached hydrogen (secondary N) is 1. The molecule has 0 spiro atoms. The molecule has 4 rings (SSSR count). The van der Waals surface area contributed by atoms with E-state index in [-0.39, 0.29) is 12.1 Å². The Morgan fingerprint density at radius 1 is 1.15 bits per heavy atom. The maximum absolute atomic E-state index is 13.4. The summed E-state index contributed by atoms with van der Waals surface area (Å²) in [7, 11) is 1.32. The Bertz CT molecular complexity index is 1050. The summed E-state index contributed by atoms with van der Waals surface area (Å²) >= 11 is 0. The highest BCUT2D eigenvalue weighted by molar-refractivity contribution is 6.04. The van der Waals surface area contributed by atoms with Crippen molar-refractivity contribution < 1.29 is 23.1 Å². The average Bonchev–Trinajstić information content (AvgIpc) is 3.04. The zero-order chi connectivity index (χ0) is 19.1. The summed E-state index contributed by atoms with van der Waals surface area (Å²) in [4.78, 5) is 29.5. The van der Waals surface area contributed by atoms with Gasteiger partial charge in [0.2, 0.25) is 0 Å². The number of amides is 1. The number of rotatable bonds is 2. The second-order valence-corrected chi connectivity index (χ2v) is 6.44. The number of fused-ring (bicyclic) bond motifs is 3. The molecule has 0 unspecified atom stereocenters. The van der Waals surface area contributed by atoms with Crippen LogP contribution in [0.1, 0.15) is 32.0 Å². The lowest BCUT2D eigenvalue weighted by molar-refractivity contribution is 0.0602. The molecule has 1 amide bonds. The zero-order valence-electron chi connectivity index (χ0n) is 14.5. The van der Waals surface area contributed by atoms with Crippen molar-refractivity contribution >= 4 is 22.8 Å². The number of carbonyl (C=O) groups is 2. The first-order valence-corrected chi connectivity index (χ1v) is 8.44. The molecule has 1 aliphatic rings. The number of aromatic nitrogens is 1. The van der Waals surface area contributed by atoms with Crippen LogP contribution < -0.4 is 0 Å². The van der Waals surface area contributed by atoms with E-state index in [9.17, 15) is 18.4 Å². The number of methoxy groups -OCH3 is 1. The molecule has 3 aromatic rings. The zero-order valence-corrected chi connectivity index (χ0v) is 14.5. The maximum Gasteiger partial charge on any atom is 0.339 e. The molecule has 0 atom stereocenters. The lowest BCUT2D eigenvalue weighted by Gasteiger charge is -2.27. The van der Waals surface area contributed by atoms with E-state index in [4.69, 9.17) is 4.74 Å². The highest BCUT2D eigenvalue weighted by atomic mass is 19.1. The highest BCUT2D eigenvalue weighted by Gasteiger charge is 2.26. The Kier molecular flexibility index (Phi) is 4.14. The van der Waals surface area contributed by atoms with Gasteiger partial charge in [0.15, 0.2) is 0 Å². The number of hydrogen-bond donors (Lipinski definition) is 1. The Balaban J connectivity index is 1.70. The number of nitrogens with zero attached hydrogens (tertiary/aromatic N) is 1. The Morgan fingerprint density at radius 3 is 2.59 bits per heavy atom. The van der Waals surface area contributed by atoms with Gasteiger partial charge in [-0.05, 0) is 18.2 Å². The van der Waals surface area contributed by atoms with Gasteiger partial charge in [-0.1, -0.05) is 12.1 Å². The molecule has 5 nitrogen and oxygen atoms in total. The first kappa shape index (κ1) is 17.2. The summed E-state index contributed by atoms with van der Waals surface area (Å²) in [6, 6.07) is 8.10. The summed E-state index contributed by atoms with van der Waals surface area (Å²) in [5.41, 5.74) is 2.91. The molecule has 138 valence electrons. The number of H-pyrrole nitrogens is 1. The van der Waals surface area contributed by atoms with Crippen LogP contribution in [0, 0.1) is 11.6 Å². The lowest BCUT2D eigenvalue weighted by atomic mass is 10.0. The molecule has 27 heavy (non-hydrogen) atoms. The lowest BCUT2D eigenvalue weighted by Crippen LogP contribution is -2.35. The largest absolute Gasteiger partial charge is 0.465 e. The second kappa shape index (κ2) is 6.50. The fourth-order valence-electron chi connectivity index (χ4n) is 3.55. The van der Waals surface area contributed by atoms with Crippen LogP contribution in [-0.2, 0) is 17.7 Å². The molecule has 0 aliphatic carbocycles. The van der Waals surface area contributed by atoms with E-state index in [0.29, 0.717) is 24.0 Å². The Labute approximate surface area is 153 Å². The normalized spacial score (nSPS) is 13.5. The van der Waals surface area contributed by atoms with Crippen LogP contribution in [0.4, 0.5) is 8.78 Å². The molecule has 7 heteroatoms. The average molecular weight is 370 g/mol. The van der Waals surface area contributed by atoms with Gasteiger partial charge in [-0.2, -0.15) is 0 Å². The van der Waals surface area contributed by atoms with Crippen LogP contribution >= 0.6 is 0 Å². The van der Waals surface area contributed by atoms with E-state index >= 15 is 0 Å². The van der Waals surface area contributed by atoms with Gasteiger partial charge < -0.3 is 14.6 Å². The van der Waals surface area contributed by atoms with Gasteiger partial charge in [0.25, 0.3) is 5.91 Å². The van der Waals surface area contributed by atoms with Crippen molar-refractivity contribution in [1.82, 2.24) is 9.88 Å². The van der Waals surface area contributed by atoms with Crippen LogP contribution in [0.2, 0.25) is 0 Å². The fraction of sp³-hybridized carbons (Fsp3) is 0.200. The Hall–Kier alpha value is -3.22. The molecule has 0 fully saturated rings. The molecule has 2 heterocycles. The van der Waals surface area contributed by atoms with E-state index in [1.165, 1.54) is 7.11 Å². The highest BCUT2D eigenvalue weighted by Crippen LogP contribution is 2.30. The summed E-state index contributed by atoms with van der Waals surface area (Å²) in [5, 5.41) is 0.829. The molecule has 0 radical (unpaired) electrons. The fourth-order valence-corrected chi connectivity index (χ4v) is 3.55. The van der Waals surface area contributed by atoms with Crippen molar-refractivity contribution in [2.75, 3.05) is 13.7 Å². The van der Waals surface area contributed by atoms with Gasteiger partial charge >= 0.3 is 5.97 Å². The molecule has 1 N–H and O–H groups in total. The predicted molar refractivity (Wildman–Crippen MR) is 94.4 cm³/mol. The number of benzene rings is 2. The van der Waals surface area contributed by atoms with Crippen molar-refractivity contribution in [3.8, 4) is 0 Å². The Morgan fingerprint density at radius 2 is 1.89 bits per heavy atom. The summed E-state index contributed by atoms with van der Waals surface area (Å²) in [5.74, 6) is -2.45. The number of esters is 1. The smallest absolute Gasteiger partial charge is 0.339 e. The van der Waals surface area contributed by atoms with Crippen molar-refractivity contribution in [3.63, 3.8) is 0 Å². The van der Waals surface area contributed by atoms with E-state index in [2.05, 4.69) is 4.98 Å². The minimum Gasteiger partial charge on any atom is -0.465 e. The van der Waals surface area contributed by atoms with Gasteiger partial charge in [-0.25, -0.2) is 13.6 Å². The van der Waals surface area contributed by atoms with Crippen LogP contribution in [-0.4, -0.2) is 35.4 Å². The third-order valence-corrected chi connectivity index (χ3v) is 4.81. The minimum atomic E-state index is -0.786. The molecule has 0 bridgehead atoms. The van der Waals surface area contributed by atoms with Gasteiger partial charge in [0.05, 0.1) is 18.2 Å². The topological polar surface area (TPSA) is 62.4 Å². The first-order valence-electron chi connectivity index (χ1n) is 8.44. The number of hydrogen-bond acceptors (Lipinski definition) is 3. The summed E-state index contributed by atoms with van der Waals surface area (Å²) in [6.45, 7) is 0.696. The molecule has 1 aromatic heterocycles. The van der Waals surface area contributed by atoms with Crippen molar-refractivity contribution in [3.05, 3.63) is 70.4 Å². The molecule has 0 saturated carbocycles. The van der Waals surface area contributed by atoms with E-state index < -0.39 is 23.5 Å². The predicted octanol–water partition coefficient (Wildman–Crippen LogP) is 3.43. The number of halogens is 2. The monoisotopic (exact) mass is 370 g/mol. The molecular formula is C20H16F2N2O3. The van der Waals surface area contributed by atoms with Crippen molar-refractivity contribution in [2.45, 2.75) is 13.0 Å². The van der Waals surface area contributed by atoms with Crippen LogP contribution in [0.3, 0.4) is 0 Å². The molecular weight excluding hydrogens is 354 g/mol.